The van der Waals surface area contributed by atoms with Gasteiger partial charge >= 0.3 is 5.97 Å². The summed E-state index contributed by atoms with van der Waals surface area (Å²) in [5.74, 6) is 4.57. The van der Waals surface area contributed by atoms with Crippen LogP contribution in [0.4, 0.5) is 0 Å². The van der Waals surface area contributed by atoms with Crippen molar-refractivity contribution in [2.24, 2.45) is 46.3 Å². The van der Waals surface area contributed by atoms with Gasteiger partial charge in [0.25, 0.3) is 0 Å². The number of fused-ring (bicyclic) bond motifs is 5. The first-order valence-electron chi connectivity index (χ1n) is 11.6. The third kappa shape index (κ3) is 2.85. The van der Waals surface area contributed by atoms with Gasteiger partial charge in [0, 0.05) is 6.42 Å². The van der Waals surface area contributed by atoms with Crippen LogP contribution in [0.5, 0.6) is 0 Å². The highest BCUT2D eigenvalue weighted by Gasteiger charge is 2.60. The second-order valence-electron chi connectivity index (χ2n) is 11.0. The Kier molecular flexibility index (Phi) is 4.93. The van der Waals surface area contributed by atoms with Gasteiger partial charge in [-0.15, -0.1) is 0 Å². The molecule has 0 heterocycles. The van der Waals surface area contributed by atoms with Gasteiger partial charge in [0.2, 0.25) is 0 Å². The van der Waals surface area contributed by atoms with E-state index in [-0.39, 0.29) is 0 Å². The number of rotatable bonds is 4. The summed E-state index contributed by atoms with van der Waals surface area (Å²) in [6.45, 7) is 7.60. The van der Waals surface area contributed by atoms with E-state index in [1.807, 2.05) is 0 Å². The molecule has 2 nitrogen and oxygen atoms in total. The smallest absolute Gasteiger partial charge is 0.303 e. The van der Waals surface area contributed by atoms with Crippen molar-refractivity contribution < 1.29 is 9.90 Å². The Morgan fingerprint density at radius 1 is 0.962 bits per heavy atom. The third-order valence-electron chi connectivity index (χ3n) is 10.2. The predicted octanol–water partition coefficient (Wildman–Crippen LogP) is 6.54. The molecular formula is C24H40O2. The van der Waals surface area contributed by atoms with E-state index in [4.69, 9.17) is 5.11 Å². The molecule has 0 radical (unpaired) electrons. The number of hydrogen-bond acceptors (Lipinski definition) is 1. The van der Waals surface area contributed by atoms with Crippen molar-refractivity contribution in [3.63, 3.8) is 0 Å². The van der Waals surface area contributed by atoms with Gasteiger partial charge in [-0.25, -0.2) is 0 Å². The maximum absolute atomic E-state index is 11.0. The minimum Gasteiger partial charge on any atom is -0.481 e. The molecule has 0 bridgehead atoms. The Morgan fingerprint density at radius 3 is 2.50 bits per heavy atom. The quantitative estimate of drug-likeness (QED) is 0.618. The van der Waals surface area contributed by atoms with E-state index in [9.17, 15) is 4.79 Å². The Labute approximate surface area is 160 Å². The maximum atomic E-state index is 11.0. The van der Waals surface area contributed by atoms with Crippen molar-refractivity contribution in [2.45, 2.75) is 97.8 Å². The summed E-state index contributed by atoms with van der Waals surface area (Å²) in [7, 11) is 0. The van der Waals surface area contributed by atoms with Crippen molar-refractivity contribution >= 4 is 5.97 Å². The monoisotopic (exact) mass is 360 g/mol. The summed E-state index contributed by atoms with van der Waals surface area (Å²) in [5, 5.41) is 9.09. The molecule has 0 amide bonds. The molecule has 4 aliphatic carbocycles. The fourth-order valence-electron chi connectivity index (χ4n) is 8.82. The average Bonchev–Trinajstić information content (AvgIpc) is 2.96. The third-order valence-corrected chi connectivity index (χ3v) is 10.2. The summed E-state index contributed by atoms with van der Waals surface area (Å²) in [5.41, 5.74) is 1.12. The van der Waals surface area contributed by atoms with Crippen molar-refractivity contribution in [2.75, 3.05) is 0 Å². The van der Waals surface area contributed by atoms with Crippen LogP contribution >= 0.6 is 0 Å². The zero-order chi connectivity index (χ0) is 18.5. The first-order valence-corrected chi connectivity index (χ1v) is 11.6. The Morgan fingerprint density at radius 2 is 1.73 bits per heavy atom. The van der Waals surface area contributed by atoms with Crippen molar-refractivity contribution in [1.29, 1.82) is 0 Å². The van der Waals surface area contributed by atoms with Crippen molar-refractivity contribution in [3.05, 3.63) is 0 Å². The van der Waals surface area contributed by atoms with Crippen LogP contribution < -0.4 is 0 Å². The van der Waals surface area contributed by atoms with Crippen LogP contribution in [-0.4, -0.2) is 11.1 Å². The van der Waals surface area contributed by atoms with E-state index in [0.717, 1.165) is 36.0 Å². The van der Waals surface area contributed by atoms with Crippen molar-refractivity contribution in [3.8, 4) is 0 Å². The van der Waals surface area contributed by atoms with Gasteiger partial charge in [0.1, 0.15) is 0 Å². The standard InChI is InChI=1S/C24H40O2/c1-16(7-12-22(25)26)19-10-11-20-18-9-8-17-6-4-5-14-23(17,2)21(18)13-15-24(19,20)3/h16-21H,4-15H2,1-3H3,(H,25,26)/t16-,17+,18+,19-,20+,21+,23+,24-/m1/s1. The predicted molar refractivity (Wildman–Crippen MR) is 106 cm³/mol. The summed E-state index contributed by atoms with van der Waals surface area (Å²) in [6, 6.07) is 0. The Hall–Kier alpha value is -0.530. The van der Waals surface area contributed by atoms with Gasteiger partial charge in [-0.2, -0.15) is 0 Å². The molecule has 0 saturated heterocycles. The number of carbonyl (C=O) groups is 1. The van der Waals surface area contributed by atoms with Gasteiger partial charge < -0.3 is 5.11 Å². The summed E-state index contributed by atoms with van der Waals surface area (Å²) in [4.78, 5) is 11.0. The largest absolute Gasteiger partial charge is 0.481 e. The molecule has 0 aromatic rings. The average molecular weight is 361 g/mol. The molecule has 4 fully saturated rings. The second kappa shape index (κ2) is 6.82. The minimum atomic E-state index is -0.621. The molecule has 1 N–H and O–H groups in total. The molecule has 148 valence electrons. The molecule has 0 unspecified atom stereocenters. The molecule has 0 aliphatic heterocycles. The normalized spacial score (nSPS) is 49.0. The van der Waals surface area contributed by atoms with Crippen LogP contribution in [0, 0.1) is 46.3 Å². The fourth-order valence-corrected chi connectivity index (χ4v) is 8.82. The Bertz CT molecular complexity index is 542. The highest BCUT2D eigenvalue weighted by Crippen LogP contribution is 2.68. The van der Waals surface area contributed by atoms with Gasteiger partial charge in [0.05, 0.1) is 0 Å². The minimum absolute atomic E-state index is 0.351. The first-order chi connectivity index (χ1) is 12.4. The summed E-state index contributed by atoms with van der Waals surface area (Å²) >= 11 is 0. The zero-order valence-electron chi connectivity index (χ0n) is 17.3. The van der Waals surface area contributed by atoms with Crippen LogP contribution in [0.1, 0.15) is 97.8 Å². The van der Waals surface area contributed by atoms with Crippen LogP contribution in [-0.2, 0) is 4.79 Å². The lowest BCUT2D eigenvalue weighted by Crippen LogP contribution is -2.53. The second-order valence-corrected chi connectivity index (χ2v) is 11.0. The molecule has 26 heavy (non-hydrogen) atoms. The lowest BCUT2D eigenvalue weighted by molar-refractivity contribution is -0.137. The SMILES string of the molecule is C[C@H](CCC(=O)O)[C@H]1CC[C@H]2[C@@H]3CC[C@@H]4CCCC[C@]4(C)[C@H]3CC[C@]12C. The van der Waals surface area contributed by atoms with E-state index in [1.54, 1.807) is 0 Å². The first kappa shape index (κ1) is 18.8. The molecule has 4 rings (SSSR count). The summed E-state index contributed by atoms with van der Waals surface area (Å²) < 4.78 is 0. The number of carboxylic acid groups (broad SMARTS) is 1. The lowest BCUT2D eigenvalue weighted by Gasteiger charge is -2.61. The highest BCUT2D eigenvalue weighted by molar-refractivity contribution is 5.66. The van der Waals surface area contributed by atoms with Gasteiger partial charge in [-0.05, 0) is 104 Å². The Balaban J connectivity index is 1.52. The van der Waals surface area contributed by atoms with E-state index in [2.05, 4.69) is 20.8 Å². The molecule has 0 aromatic carbocycles. The molecule has 4 aliphatic rings. The molecule has 2 heteroatoms. The van der Waals surface area contributed by atoms with Gasteiger partial charge in [0.15, 0.2) is 0 Å². The van der Waals surface area contributed by atoms with Crippen LogP contribution in [0.15, 0.2) is 0 Å². The van der Waals surface area contributed by atoms with Gasteiger partial charge in [-0.3, -0.25) is 4.79 Å². The molecule has 0 spiro atoms. The van der Waals surface area contributed by atoms with Crippen LogP contribution in [0.2, 0.25) is 0 Å². The molecular weight excluding hydrogens is 320 g/mol. The zero-order valence-corrected chi connectivity index (χ0v) is 17.3. The number of aliphatic carboxylic acids is 1. The summed E-state index contributed by atoms with van der Waals surface area (Å²) in [6.07, 6.45) is 15.7. The van der Waals surface area contributed by atoms with Gasteiger partial charge in [-0.1, -0.05) is 33.6 Å². The van der Waals surface area contributed by atoms with E-state index in [0.29, 0.717) is 23.2 Å². The van der Waals surface area contributed by atoms with E-state index < -0.39 is 5.97 Å². The van der Waals surface area contributed by atoms with Crippen LogP contribution in [0.25, 0.3) is 0 Å². The molecule has 0 aromatic heterocycles. The van der Waals surface area contributed by atoms with Crippen molar-refractivity contribution in [1.82, 2.24) is 0 Å². The van der Waals surface area contributed by atoms with E-state index >= 15 is 0 Å². The fraction of sp³-hybridized carbons (Fsp3) is 0.958. The lowest BCUT2D eigenvalue weighted by atomic mass is 9.44. The highest BCUT2D eigenvalue weighted by atomic mass is 16.4. The maximum Gasteiger partial charge on any atom is 0.303 e. The van der Waals surface area contributed by atoms with Crippen LogP contribution in [0.3, 0.4) is 0 Å². The molecule has 4 saturated carbocycles. The topological polar surface area (TPSA) is 37.3 Å². The number of hydrogen-bond donors (Lipinski definition) is 1. The number of carboxylic acids is 1. The van der Waals surface area contributed by atoms with E-state index in [1.165, 1.54) is 64.2 Å². The molecule has 8 atom stereocenters.